The molecule has 25 heavy (non-hydrogen) atoms. The zero-order valence-electron chi connectivity index (χ0n) is 15.5. The lowest BCUT2D eigenvalue weighted by Crippen LogP contribution is -2.53. The largest absolute Gasteiger partial charge is 0.353 e. The number of carbonyl (C=O) groups excluding carboxylic acids is 1. The van der Waals surface area contributed by atoms with Crippen LogP contribution in [0.4, 0.5) is 0 Å². The van der Waals surface area contributed by atoms with Gasteiger partial charge in [0.05, 0.1) is 0 Å². The molecule has 2 aliphatic heterocycles. The topological polar surface area (TPSA) is 69.7 Å². The fourth-order valence-electron chi connectivity index (χ4n) is 4.43. The summed E-state index contributed by atoms with van der Waals surface area (Å²) in [5.41, 5.74) is 0. The van der Waals surface area contributed by atoms with Crippen molar-refractivity contribution in [3.63, 3.8) is 0 Å². The third-order valence-electron chi connectivity index (χ3n) is 6.05. The summed E-state index contributed by atoms with van der Waals surface area (Å²) in [4.78, 5) is 12.4. The van der Waals surface area contributed by atoms with Gasteiger partial charge < -0.3 is 5.32 Å². The normalized spacial score (nSPS) is 28.8. The van der Waals surface area contributed by atoms with Crippen molar-refractivity contribution in [2.45, 2.75) is 70.8 Å². The zero-order chi connectivity index (χ0) is 17.9. The fourth-order valence-corrected chi connectivity index (χ4v) is 6.24. The van der Waals surface area contributed by atoms with Gasteiger partial charge in [0.1, 0.15) is 0 Å². The van der Waals surface area contributed by atoms with Crippen LogP contribution in [0.5, 0.6) is 0 Å². The Morgan fingerprint density at radius 2 is 1.56 bits per heavy atom. The lowest BCUT2D eigenvalue weighted by atomic mass is 9.88. The van der Waals surface area contributed by atoms with Crippen molar-refractivity contribution in [3.05, 3.63) is 0 Å². The van der Waals surface area contributed by atoms with Crippen LogP contribution >= 0.6 is 0 Å². The van der Waals surface area contributed by atoms with Gasteiger partial charge in [-0.15, -0.1) is 0 Å². The second kappa shape index (κ2) is 8.35. The molecule has 3 rings (SSSR count). The van der Waals surface area contributed by atoms with Crippen molar-refractivity contribution in [1.82, 2.24) is 13.9 Å². The van der Waals surface area contributed by atoms with E-state index in [2.05, 4.69) is 12.2 Å². The Kier molecular flexibility index (Phi) is 6.39. The Bertz CT molecular complexity index is 552. The number of amides is 1. The van der Waals surface area contributed by atoms with Crippen molar-refractivity contribution >= 4 is 16.1 Å². The third-order valence-corrected chi connectivity index (χ3v) is 8.05. The van der Waals surface area contributed by atoms with Crippen LogP contribution < -0.4 is 5.32 Å². The van der Waals surface area contributed by atoms with Crippen molar-refractivity contribution in [3.8, 4) is 0 Å². The van der Waals surface area contributed by atoms with E-state index in [0.29, 0.717) is 32.1 Å². The first kappa shape index (κ1) is 19.1. The van der Waals surface area contributed by atoms with Gasteiger partial charge in [0.25, 0.3) is 10.2 Å². The number of nitrogens with one attached hydrogen (secondary N) is 1. The molecule has 0 aromatic rings. The van der Waals surface area contributed by atoms with E-state index in [-0.39, 0.29) is 17.9 Å². The van der Waals surface area contributed by atoms with Crippen LogP contribution in [-0.4, -0.2) is 55.2 Å². The lowest BCUT2D eigenvalue weighted by molar-refractivity contribution is -0.126. The number of carbonyl (C=O) groups is 1. The van der Waals surface area contributed by atoms with Gasteiger partial charge in [0.15, 0.2) is 0 Å². The summed E-state index contributed by atoms with van der Waals surface area (Å²) in [7, 11) is -3.34. The van der Waals surface area contributed by atoms with Crippen molar-refractivity contribution in [1.29, 1.82) is 0 Å². The quantitative estimate of drug-likeness (QED) is 0.823. The van der Waals surface area contributed by atoms with Crippen LogP contribution in [0.1, 0.15) is 64.7 Å². The molecule has 2 heterocycles. The average molecular weight is 372 g/mol. The second-order valence-electron chi connectivity index (χ2n) is 8.13. The average Bonchev–Trinajstić information content (AvgIpc) is 2.63. The summed E-state index contributed by atoms with van der Waals surface area (Å²) in [5, 5.41) is 3.17. The summed E-state index contributed by atoms with van der Waals surface area (Å²) < 4.78 is 28.9. The van der Waals surface area contributed by atoms with Gasteiger partial charge in [-0.25, -0.2) is 0 Å². The molecule has 0 aromatic carbocycles. The lowest BCUT2D eigenvalue weighted by Gasteiger charge is -2.38. The number of hydrogen-bond acceptors (Lipinski definition) is 3. The van der Waals surface area contributed by atoms with Gasteiger partial charge in [0.2, 0.25) is 5.91 Å². The van der Waals surface area contributed by atoms with E-state index in [0.717, 1.165) is 51.4 Å². The summed E-state index contributed by atoms with van der Waals surface area (Å²) in [5.74, 6) is 0.798. The monoisotopic (exact) mass is 371 g/mol. The number of piperidine rings is 2. The van der Waals surface area contributed by atoms with E-state index in [9.17, 15) is 13.2 Å². The first-order valence-electron chi connectivity index (χ1n) is 10.0. The molecule has 1 saturated carbocycles. The first-order chi connectivity index (χ1) is 12.0. The van der Waals surface area contributed by atoms with Gasteiger partial charge in [-0.05, 0) is 44.4 Å². The molecule has 6 nitrogen and oxygen atoms in total. The molecule has 1 N–H and O–H groups in total. The molecule has 0 aromatic heterocycles. The van der Waals surface area contributed by atoms with Crippen LogP contribution in [0.3, 0.4) is 0 Å². The Balaban J connectivity index is 1.48. The van der Waals surface area contributed by atoms with Gasteiger partial charge in [-0.3, -0.25) is 4.79 Å². The SMILES string of the molecule is CC1CCCN(S(=O)(=O)N2CCC(NC(=O)C3CCCCC3)CC2)C1. The summed E-state index contributed by atoms with van der Waals surface area (Å²) >= 11 is 0. The van der Waals surface area contributed by atoms with E-state index in [1.54, 1.807) is 8.61 Å². The van der Waals surface area contributed by atoms with E-state index in [1.807, 2.05) is 0 Å². The summed E-state index contributed by atoms with van der Waals surface area (Å²) in [6.07, 6.45) is 9.08. The highest BCUT2D eigenvalue weighted by Gasteiger charge is 2.35. The molecule has 1 amide bonds. The summed E-state index contributed by atoms with van der Waals surface area (Å²) in [6, 6.07) is 0.126. The number of rotatable bonds is 4. The highest BCUT2D eigenvalue weighted by molar-refractivity contribution is 7.86. The van der Waals surface area contributed by atoms with Crippen LogP contribution in [0, 0.1) is 11.8 Å². The van der Waals surface area contributed by atoms with Crippen LogP contribution in [-0.2, 0) is 15.0 Å². The minimum Gasteiger partial charge on any atom is -0.353 e. The smallest absolute Gasteiger partial charge is 0.281 e. The molecule has 2 saturated heterocycles. The molecule has 0 radical (unpaired) electrons. The maximum atomic E-state index is 12.8. The highest BCUT2D eigenvalue weighted by atomic mass is 32.2. The molecule has 3 aliphatic rings. The van der Waals surface area contributed by atoms with Gasteiger partial charge in [-0.2, -0.15) is 17.0 Å². The molecule has 3 fully saturated rings. The molecular weight excluding hydrogens is 338 g/mol. The maximum absolute atomic E-state index is 12.8. The molecule has 1 aliphatic carbocycles. The maximum Gasteiger partial charge on any atom is 0.281 e. The predicted molar refractivity (Wildman–Crippen MR) is 98.2 cm³/mol. The van der Waals surface area contributed by atoms with Crippen LogP contribution in [0.25, 0.3) is 0 Å². The number of nitrogens with zero attached hydrogens (tertiary/aromatic N) is 2. The Hall–Kier alpha value is -0.660. The number of hydrogen-bond donors (Lipinski definition) is 1. The van der Waals surface area contributed by atoms with Crippen LogP contribution in [0.15, 0.2) is 0 Å². The molecule has 1 unspecified atom stereocenters. The molecular formula is C18H33N3O3S. The molecule has 1 atom stereocenters. The standard InChI is InChI=1S/C18H33N3O3S/c1-15-6-5-11-21(14-15)25(23,24)20-12-9-17(10-13-20)19-18(22)16-7-3-2-4-8-16/h15-17H,2-14H2,1H3,(H,19,22). The van der Waals surface area contributed by atoms with E-state index in [1.165, 1.54) is 6.42 Å². The Morgan fingerprint density at radius 1 is 0.880 bits per heavy atom. The minimum absolute atomic E-state index is 0.126. The summed E-state index contributed by atoms with van der Waals surface area (Å²) in [6.45, 7) is 4.44. The third kappa shape index (κ3) is 4.74. The second-order valence-corrected chi connectivity index (χ2v) is 10.1. The van der Waals surface area contributed by atoms with E-state index < -0.39 is 10.2 Å². The van der Waals surface area contributed by atoms with E-state index in [4.69, 9.17) is 0 Å². The zero-order valence-corrected chi connectivity index (χ0v) is 16.3. The van der Waals surface area contributed by atoms with Crippen molar-refractivity contribution in [2.75, 3.05) is 26.2 Å². The van der Waals surface area contributed by atoms with Gasteiger partial charge in [-0.1, -0.05) is 26.2 Å². The molecule has 7 heteroatoms. The van der Waals surface area contributed by atoms with Gasteiger partial charge in [0, 0.05) is 38.1 Å². The molecule has 0 spiro atoms. The predicted octanol–water partition coefficient (Wildman–Crippen LogP) is 2.12. The molecule has 0 bridgehead atoms. The Labute approximate surface area is 152 Å². The first-order valence-corrected chi connectivity index (χ1v) is 11.4. The van der Waals surface area contributed by atoms with Crippen molar-refractivity contribution in [2.24, 2.45) is 11.8 Å². The highest BCUT2D eigenvalue weighted by Crippen LogP contribution is 2.25. The van der Waals surface area contributed by atoms with Gasteiger partial charge >= 0.3 is 0 Å². The Morgan fingerprint density at radius 3 is 2.20 bits per heavy atom. The van der Waals surface area contributed by atoms with Crippen molar-refractivity contribution < 1.29 is 13.2 Å². The minimum atomic E-state index is -3.34. The fraction of sp³-hybridized carbons (Fsp3) is 0.944. The van der Waals surface area contributed by atoms with E-state index >= 15 is 0 Å². The van der Waals surface area contributed by atoms with Crippen LogP contribution in [0.2, 0.25) is 0 Å². The molecule has 144 valence electrons.